The highest BCUT2D eigenvalue weighted by atomic mass is 32.2. The fraction of sp³-hybridized carbons (Fsp3) is 0.571. The average molecular weight is 314 g/mol. The van der Waals surface area contributed by atoms with Crippen LogP contribution in [0.3, 0.4) is 0 Å². The van der Waals surface area contributed by atoms with Crippen LogP contribution >= 0.6 is 0 Å². The summed E-state index contributed by atoms with van der Waals surface area (Å²) in [6.45, 7) is 5.89. The van der Waals surface area contributed by atoms with Crippen LogP contribution in [-0.4, -0.2) is 50.2 Å². The average Bonchev–Trinajstić information content (AvgIpc) is 2.45. The van der Waals surface area contributed by atoms with E-state index < -0.39 is 16.1 Å². The first-order valence-corrected chi connectivity index (χ1v) is 8.32. The van der Waals surface area contributed by atoms with Crippen LogP contribution in [0.5, 0.6) is 0 Å². The van der Waals surface area contributed by atoms with Gasteiger partial charge in [0.25, 0.3) is 0 Å². The summed E-state index contributed by atoms with van der Waals surface area (Å²) in [6, 6.07) is 1.79. The van der Waals surface area contributed by atoms with Crippen LogP contribution in [0.1, 0.15) is 16.7 Å². The van der Waals surface area contributed by atoms with Crippen molar-refractivity contribution in [3.63, 3.8) is 0 Å². The first-order chi connectivity index (χ1) is 9.78. The third-order valence-corrected chi connectivity index (χ3v) is 6.12. The minimum Gasteiger partial charge on any atom is -0.398 e. The molecule has 7 heteroatoms. The van der Waals surface area contributed by atoms with Gasteiger partial charge in [0.05, 0.1) is 24.2 Å². The summed E-state index contributed by atoms with van der Waals surface area (Å²) in [4.78, 5) is 0.276. The molecule has 1 aliphatic rings. The number of nitrogen functional groups attached to an aromatic ring is 1. The molecule has 2 rings (SSSR count). The molecule has 0 saturated carbocycles. The van der Waals surface area contributed by atoms with Crippen molar-refractivity contribution in [2.75, 3.05) is 32.0 Å². The smallest absolute Gasteiger partial charge is 0.243 e. The standard InChI is InChI=1S/C14H22N2O4S/c1-9-6-13(15)11(3)14(10(9)2)21(18,19)16-4-5-20-12(7-16)8-17/h6,12,17H,4-5,7-8,15H2,1-3H3. The van der Waals surface area contributed by atoms with Crippen molar-refractivity contribution in [1.82, 2.24) is 4.31 Å². The number of aliphatic hydroxyl groups excluding tert-OH is 1. The van der Waals surface area contributed by atoms with E-state index >= 15 is 0 Å². The molecule has 118 valence electrons. The molecule has 1 saturated heterocycles. The summed E-state index contributed by atoms with van der Waals surface area (Å²) in [7, 11) is -3.65. The number of sulfonamides is 1. The van der Waals surface area contributed by atoms with Crippen LogP contribution in [0.15, 0.2) is 11.0 Å². The Balaban J connectivity index is 2.50. The zero-order valence-corrected chi connectivity index (χ0v) is 13.4. The molecule has 1 aromatic carbocycles. The highest BCUT2D eigenvalue weighted by molar-refractivity contribution is 7.89. The van der Waals surface area contributed by atoms with Gasteiger partial charge in [-0.1, -0.05) is 0 Å². The van der Waals surface area contributed by atoms with Gasteiger partial charge in [0.2, 0.25) is 10.0 Å². The number of hydrogen-bond donors (Lipinski definition) is 2. The van der Waals surface area contributed by atoms with E-state index in [1.54, 1.807) is 19.9 Å². The Kier molecular flexibility index (Phi) is 4.57. The number of rotatable bonds is 3. The van der Waals surface area contributed by atoms with Crippen LogP contribution in [0.2, 0.25) is 0 Å². The number of hydrogen-bond acceptors (Lipinski definition) is 5. The van der Waals surface area contributed by atoms with Gasteiger partial charge in [0.1, 0.15) is 0 Å². The minimum absolute atomic E-state index is 0.158. The van der Waals surface area contributed by atoms with Crippen LogP contribution in [0.4, 0.5) is 5.69 Å². The molecule has 1 aromatic rings. The number of nitrogens with two attached hydrogens (primary N) is 1. The first kappa shape index (κ1) is 16.2. The Labute approximate surface area is 125 Å². The van der Waals surface area contributed by atoms with Gasteiger partial charge < -0.3 is 15.6 Å². The van der Waals surface area contributed by atoms with Gasteiger partial charge in [0, 0.05) is 18.8 Å². The fourth-order valence-electron chi connectivity index (χ4n) is 2.58. The Hall–Kier alpha value is -1.15. The number of nitrogens with zero attached hydrogens (tertiary/aromatic N) is 1. The lowest BCUT2D eigenvalue weighted by molar-refractivity contribution is -0.0304. The van der Waals surface area contributed by atoms with E-state index in [1.165, 1.54) is 4.31 Å². The van der Waals surface area contributed by atoms with Crippen molar-refractivity contribution in [3.8, 4) is 0 Å². The van der Waals surface area contributed by atoms with E-state index in [2.05, 4.69) is 0 Å². The number of aliphatic hydroxyl groups is 1. The molecular formula is C14H22N2O4S. The molecule has 0 bridgehead atoms. The second-order valence-corrected chi connectivity index (χ2v) is 7.28. The maximum absolute atomic E-state index is 12.9. The summed E-state index contributed by atoms with van der Waals surface area (Å²) >= 11 is 0. The van der Waals surface area contributed by atoms with E-state index in [9.17, 15) is 13.5 Å². The maximum Gasteiger partial charge on any atom is 0.243 e. The first-order valence-electron chi connectivity index (χ1n) is 6.88. The molecule has 21 heavy (non-hydrogen) atoms. The van der Waals surface area contributed by atoms with Crippen LogP contribution in [-0.2, 0) is 14.8 Å². The largest absolute Gasteiger partial charge is 0.398 e. The molecule has 0 amide bonds. The normalized spacial score (nSPS) is 20.7. The van der Waals surface area contributed by atoms with Crippen molar-refractivity contribution >= 4 is 15.7 Å². The highest BCUT2D eigenvalue weighted by Gasteiger charge is 2.33. The molecule has 0 spiro atoms. The zero-order valence-electron chi connectivity index (χ0n) is 12.6. The van der Waals surface area contributed by atoms with Crippen molar-refractivity contribution in [3.05, 3.63) is 22.8 Å². The van der Waals surface area contributed by atoms with Crippen molar-refractivity contribution in [2.45, 2.75) is 31.8 Å². The molecule has 1 atom stereocenters. The SMILES string of the molecule is Cc1cc(N)c(C)c(S(=O)(=O)N2CCOC(CO)C2)c1C. The van der Waals surface area contributed by atoms with Crippen molar-refractivity contribution in [2.24, 2.45) is 0 Å². The van der Waals surface area contributed by atoms with Gasteiger partial charge in [-0.15, -0.1) is 0 Å². The van der Waals surface area contributed by atoms with Crippen LogP contribution in [0.25, 0.3) is 0 Å². The Bertz CT molecular complexity index is 617. The fourth-order valence-corrected chi connectivity index (χ4v) is 4.57. The Morgan fingerprint density at radius 1 is 1.38 bits per heavy atom. The van der Waals surface area contributed by atoms with E-state index in [0.717, 1.165) is 5.56 Å². The van der Waals surface area contributed by atoms with Gasteiger partial charge in [0.15, 0.2) is 0 Å². The van der Waals surface area contributed by atoms with Gasteiger partial charge in [-0.2, -0.15) is 4.31 Å². The summed E-state index contributed by atoms with van der Waals surface area (Å²) < 4.78 is 32.5. The number of ether oxygens (including phenoxy) is 1. The molecule has 0 radical (unpaired) electrons. The van der Waals surface area contributed by atoms with Gasteiger partial charge >= 0.3 is 0 Å². The number of anilines is 1. The summed E-state index contributed by atoms with van der Waals surface area (Å²) in [5.74, 6) is 0. The van der Waals surface area contributed by atoms with E-state index in [-0.39, 0.29) is 31.2 Å². The predicted molar refractivity (Wildman–Crippen MR) is 80.7 cm³/mol. The summed E-state index contributed by atoms with van der Waals surface area (Å²) in [5.41, 5.74) is 8.54. The topological polar surface area (TPSA) is 92.9 Å². The third-order valence-electron chi connectivity index (χ3n) is 3.98. The molecule has 1 fully saturated rings. The second-order valence-electron chi connectivity index (χ2n) is 5.40. The van der Waals surface area contributed by atoms with E-state index in [4.69, 9.17) is 10.5 Å². The van der Waals surface area contributed by atoms with Crippen LogP contribution in [0, 0.1) is 20.8 Å². The Morgan fingerprint density at radius 3 is 2.67 bits per heavy atom. The van der Waals surface area contributed by atoms with E-state index in [0.29, 0.717) is 16.8 Å². The molecule has 6 nitrogen and oxygen atoms in total. The molecule has 1 unspecified atom stereocenters. The lowest BCUT2D eigenvalue weighted by Gasteiger charge is -2.32. The number of morpholine rings is 1. The zero-order chi connectivity index (χ0) is 15.8. The molecule has 1 heterocycles. The van der Waals surface area contributed by atoms with Gasteiger partial charge in [-0.3, -0.25) is 0 Å². The quantitative estimate of drug-likeness (QED) is 0.796. The second kappa shape index (κ2) is 5.92. The summed E-state index contributed by atoms with van der Waals surface area (Å²) in [6.07, 6.45) is -0.476. The lowest BCUT2D eigenvalue weighted by Crippen LogP contribution is -2.47. The highest BCUT2D eigenvalue weighted by Crippen LogP contribution is 2.30. The van der Waals surface area contributed by atoms with Crippen LogP contribution < -0.4 is 5.73 Å². The van der Waals surface area contributed by atoms with Gasteiger partial charge in [-0.05, 0) is 43.5 Å². The summed E-state index contributed by atoms with van der Waals surface area (Å²) in [5, 5.41) is 9.18. The molecule has 0 aromatic heterocycles. The molecular weight excluding hydrogens is 292 g/mol. The van der Waals surface area contributed by atoms with Gasteiger partial charge in [-0.25, -0.2) is 8.42 Å². The van der Waals surface area contributed by atoms with E-state index in [1.807, 2.05) is 6.92 Å². The Morgan fingerprint density at radius 2 is 2.05 bits per heavy atom. The maximum atomic E-state index is 12.9. The number of benzene rings is 1. The molecule has 3 N–H and O–H groups in total. The number of aryl methyl sites for hydroxylation is 1. The minimum atomic E-state index is -3.65. The van der Waals surface area contributed by atoms with Crippen molar-refractivity contribution in [1.29, 1.82) is 0 Å². The van der Waals surface area contributed by atoms with Crippen molar-refractivity contribution < 1.29 is 18.3 Å². The predicted octanol–water partition coefficient (Wildman–Crippen LogP) is 0.576. The monoisotopic (exact) mass is 314 g/mol. The molecule has 1 aliphatic heterocycles. The third kappa shape index (κ3) is 2.91. The lowest BCUT2D eigenvalue weighted by atomic mass is 10.1. The molecule has 0 aliphatic carbocycles.